The Bertz CT molecular complexity index is 3430. The van der Waals surface area contributed by atoms with Crippen molar-refractivity contribution in [1.29, 1.82) is 0 Å². The van der Waals surface area contributed by atoms with Crippen LogP contribution in [-0.2, 0) is 43.8 Å². The van der Waals surface area contributed by atoms with E-state index >= 15 is 0 Å². The molecule has 3 N–H and O–H groups in total. The van der Waals surface area contributed by atoms with Crippen molar-refractivity contribution in [3.8, 4) is 23.4 Å². The molecule has 0 spiro atoms. The van der Waals surface area contributed by atoms with E-state index in [1.807, 2.05) is 25.5 Å². The Morgan fingerprint density at radius 1 is 0.733 bits per heavy atom. The monoisotopic (exact) mass is 1370 g/mol. The third-order valence-corrected chi connectivity index (χ3v) is 15.9. The SMILES string of the molecule is C[C@@H]1CNC(C)(C)C1.Cc1nn(C)cc1S(=O)(=O)NC(=O)c1ccc(-n2ccc(OCC(C)(C)C)n2)nc1C1C[C@@H](C)CC1(C)C.Cc1nn(C)cc1S(=O)(=O)NC(=O)c1ccc(-n2ccc(OCC(C)(C)C)n2)nc1Cl.Cl.O=CO[O-].S.S.[H-].[K+].[K+]. The summed E-state index contributed by atoms with van der Waals surface area (Å²) in [4.78, 5) is 46.1. The molecule has 2 fully saturated rings. The van der Waals surface area contributed by atoms with Gasteiger partial charge < -0.3 is 26.4 Å². The van der Waals surface area contributed by atoms with E-state index in [4.69, 9.17) is 36.1 Å². The molecule has 6 aromatic rings. The average molecular weight is 1370 g/mol. The Morgan fingerprint density at radius 3 is 1.48 bits per heavy atom. The Balaban J connectivity index is 0. The molecule has 1 saturated carbocycles. The molecule has 7 heterocycles. The minimum absolute atomic E-state index is 0. The van der Waals surface area contributed by atoms with Gasteiger partial charge >= 0.3 is 103 Å². The molecular weight excluding hydrogens is 1280 g/mol. The second-order valence-electron chi connectivity index (χ2n) is 24.2. The molecule has 470 valence electrons. The van der Waals surface area contributed by atoms with Crippen LogP contribution < -0.4 is 132 Å². The van der Waals surface area contributed by atoms with Crippen LogP contribution >= 0.6 is 51.0 Å². The number of sulfonamides is 2. The third-order valence-electron chi connectivity index (χ3n) is 12.7. The number of carbonyl (C=O) groups is 3. The smallest absolute Gasteiger partial charge is 1.00 e. The topological polar surface area (TPSA) is 303 Å². The van der Waals surface area contributed by atoms with E-state index < -0.39 is 31.9 Å². The maximum atomic E-state index is 13.5. The van der Waals surface area contributed by atoms with Gasteiger partial charge in [-0.1, -0.05) is 80.8 Å². The number of halogens is 2. The summed E-state index contributed by atoms with van der Waals surface area (Å²) < 4.78 is 72.6. The van der Waals surface area contributed by atoms with Crippen LogP contribution in [0.3, 0.4) is 0 Å². The molecule has 8 rings (SSSR count). The Hall–Kier alpha value is -2.48. The van der Waals surface area contributed by atoms with Crippen LogP contribution in [0.25, 0.3) is 11.6 Å². The first-order valence-corrected chi connectivity index (χ1v) is 29.4. The molecule has 24 nitrogen and oxygen atoms in total. The standard InChI is InChI=1S/C27H38N6O4S.C19H23ClN6O4S.C7H15N.CH2O3.ClH.2K.2H2S.H/c1-17-13-20(27(6,7)14-17)24-19(25(34)31-38(35,36)21-15-32(8)29-18(21)2)9-10-22(28-24)33-12-11-23(30-33)37-16-26(3,4)5;1-12-14(10-25(5)22-12)31(28,29)24-18(27)13-6-7-15(21-17(13)20)26-9-8-16(23-26)30-11-19(2,3)4;1-6-4-7(2,3)8-5-6;2-1-4-3;;;;;;/h9-12,15,17,20H,13-14,16H2,1-8H3,(H,31,34);6-10H,11H2,1-5H3,(H,24,27);6,8H,4-5H2,1-3H3;1,3H;1H;;;2*1H2;/q;;;;;2*+1;;;-1/p-1/t17-,20?;;6-;;;;;;;/m1.0......./s1. The Morgan fingerprint density at radius 2 is 1.15 bits per heavy atom. The molecule has 1 unspecified atom stereocenters. The van der Waals surface area contributed by atoms with Crippen LogP contribution in [0.1, 0.15) is 147 Å². The molecule has 0 radical (unpaired) electrons. The van der Waals surface area contributed by atoms with Crippen molar-refractivity contribution in [2.75, 3.05) is 19.8 Å². The molecule has 86 heavy (non-hydrogen) atoms. The quantitative estimate of drug-likeness (QED) is 0.0458. The maximum absolute atomic E-state index is 13.5. The van der Waals surface area contributed by atoms with Crippen molar-refractivity contribution in [2.45, 2.75) is 137 Å². The van der Waals surface area contributed by atoms with Crippen molar-refractivity contribution in [1.82, 2.24) is 63.9 Å². The molecule has 1 saturated heterocycles. The van der Waals surface area contributed by atoms with Gasteiger partial charge in [-0.15, -0.1) is 22.6 Å². The minimum Gasteiger partial charge on any atom is -1.00 e. The third kappa shape index (κ3) is 24.6. The van der Waals surface area contributed by atoms with Crippen molar-refractivity contribution in [3.63, 3.8) is 0 Å². The summed E-state index contributed by atoms with van der Waals surface area (Å²) in [6.07, 6.45) is 9.25. The molecule has 1 aliphatic heterocycles. The van der Waals surface area contributed by atoms with Gasteiger partial charge in [-0.25, -0.2) is 45.6 Å². The normalized spacial score (nSPS) is 16.5. The maximum Gasteiger partial charge on any atom is 1.00 e. The molecule has 3 atom stereocenters. The zero-order valence-corrected chi connectivity index (χ0v) is 63.8. The van der Waals surface area contributed by atoms with Crippen molar-refractivity contribution >= 4 is 89.3 Å². The molecule has 6 aromatic heterocycles. The van der Waals surface area contributed by atoms with Crippen LogP contribution in [0.2, 0.25) is 5.15 Å². The molecule has 0 bridgehead atoms. The van der Waals surface area contributed by atoms with Gasteiger partial charge in [0, 0.05) is 62.5 Å². The Kier molecular flexibility index (Phi) is 33.8. The first-order chi connectivity index (χ1) is 37.4. The number of aryl methyl sites for hydroxylation is 4. The fraction of sp³-hybridized carbons (Fsp3) is 0.537. The summed E-state index contributed by atoms with van der Waals surface area (Å²) in [5.74, 6) is 1.46. The molecule has 32 heteroatoms. The van der Waals surface area contributed by atoms with Crippen LogP contribution in [0.4, 0.5) is 0 Å². The van der Waals surface area contributed by atoms with E-state index in [0.717, 1.165) is 18.8 Å². The number of rotatable bonds is 14. The number of pyridine rings is 2. The van der Waals surface area contributed by atoms with Crippen molar-refractivity contribution in [3.05, 3.63) is 94.5 Å². The largest absolute Gasteiger partial charge is 1.00 e. The number of amides is 2. The van der Waals surface area contributed by atoms with Crippen molar-refractivity contribution < 1.29 is 155 Å². The van der Waals surface area contributed by atoms with E-state index in [-0.39, 0.29) is 204 Å². The zero-order chi connectivity index (χ0) is 60.6. The van der Waals surface area contributed by atoms with Gasteiger partial charge in [0.2, 0.25) is 11.8 Å². The molecular formula is C54H83Cl2K2N13O11S4. The van der Waals surface area contributed by atoms with E-state index in [9.17, 15) is 26.4 Å². The van der Waals surface area contributed by atoms with Gasteiger partial charge in [0.05, 0.1) is 41.4 Å². The van der Waals surface area contributed by atoms with Crippen LogP contribution in [-0.4, -0.2) is 110 Å². The number of hydrogen-bond acceptors (Lipinski definition) is 18. The fourth-order valence-electron chi connectivity index (χ4n) is 9.32. The second kappa shape index (κ2) is 34.8. The molecule has 1 aliphatic carbocycles. The van der Waals surface area contributed by atoms with Crippen molar-refractivity contribution in [2.24, 2.45) is 42.2 Å². The van der Waals surface area contributed by atoms with Gasteiger partial charge in [-0.05, 0) is 106 Å². The first-order valence-electron chi connectivity index (χ1n) is 26.1. The van der Waals surface area contributed by atoms with Gasteiger partial charge in [0.15, 0.2) is 11.6 Å². The second-order valence-corrected chi connectivity index (χ2v) is 27.9. The van der Waals surface area contributed by atoms with Gasteiger partial charge in [-0.2, -0.15) is 37.2 Å². The number of hydrogen-bond donors (Lipinski definition) is 3. The number of ether oxygens (including phenoxy) is 2. The molecule has 2 aliphatic rings. The zero-order valence-electron chi connectivity index (χ0n) is 53.4. The van der Waals surface area contributed by atoms with Gasteiger partial charge in [0.25, 0.3) is 38.3 Å². The van der Waals surface area contributed by atoms with E-state index in [1.54, 1.807) is 62.4 Å². The minimum atomic E-state index is -4.12. The van der Waals surface area contributed by atoms with Gasteiger partial charge in [0.1, 0.15) is 14.9 Å². The number of carbonyl (C=O) groups excluding carboxylic acids is 3. The van der Waals surface area contributed by atoms with Gasteiger partial charge in [-0.3, -0.25) is 23.7 Å². The predicted octanol–water partition coefficient (Wildman–Crippen LogP) is 1.50. The summed E-state index contributed by atoms with van der Waals surface area (Å²) >= 11 is 6.16. The van der Waals surface area contributed by atoms with Crippen LogP contribution in [0.5, 0.6) is 11.8 Å². The first kappa shape index (κ1) is 83.5. The molecule has 2 amide bonds. The summed E-state index contributed by atoms with van der Waals surface area (Å²) in [5.41, 5.74) is 1.57. The summed E-state index contributed by atoms with van der Waals surface area (Å²) in [5, 5.41) is 28.6. The van der Waals surface area contributed by atoms with E-state index in [1.165, 1.54) is 58.5 Å². The average Bonchev–Trinajstić information content (AvgIpc) is 2.24. The predicted molar refractivity (Wildman–Crippen MR) is 330 cm³/mol. The Labute approximate surface area is 617 Å². The number of aromatic nitrogens is 10. The molecule has 0 aromatic carbocycles. The fourth-order valence-corrected chi connectivity index (χ4v) is 11.9. The summed E-state index contributed by atoms with van der Waals surface area (Å²) in [7, 11) is -5.02. The summed E-state index contributed by atoms with van der Waals surface area (Å²) in [6.45, 7) is 30.9. The van der Waals surface area contributed by atoms with E-state index in [0.29, 0.717) is 59.5 Å². The van der Waals surface area contributed by atoms with Crippen LogP contribution in [0.15, 0.2) is 71.0 Å². The van der Waals surface area contributed by atoms with E-state index in [2.05, 4.69) is 103 Å². The number of nitrogens with zero attached hydrogens (tertiary/aromatic N) is 10. The van der Waals surface area contributed by atoms with Crippen LogP contribution in [0, 0.1) is 41.9 Å². The number of nitrogens with one attached hydrogen (secondary N) is 3. The summed E-state index contributed by atoms with van der Waals surface area (Å²) in [6, 6.07) is 9.65.